The highest BCUT2D eigenvalue weighted by Gasteiger charge is 2.30. The highest BCUT2D eigenvalue weighted by atomic mass is 16.2. The molecule has 0 aromatic carbocycles. The van der Waals surface area contributed by atoms with Crippen molar-refractivity contribution < 1.29 is 4.79 Å². The summed E-state index contributed by atoms with van der Waals surface area (Å²) in [6, 6.07) is 0.497. The Morgan fingerprint density at radius 3 is 2.80 bits per heavy atom. The molecule has 1 N–H and O–H groups in total. The number of nitrogens with one attached hydrogen (secondary N) is 1. The summed E-state index contributed by atoms with van der Waals surface area (Å²) in [5.74, 6) is 0.598. The van der Waals surface area contributed by atoms with Crippen molar-refractivity contribution in [3.05, 3.63) is 0 Å². The van der Waals surface area contributed by atoms with Gasteiger partial charge in [0.2, 0.25) is 5.91 Å². The topological polar surface area (TPSA) is 35.6 Å². The van der Waals surface area contributed by atoms with E-state index in [0.29, 0.717) is 11.9 Å². The van der Waals surface area contributed by atoms with Gasteiger partial charge in [-0.3, -0.25) is 4.79 Å². The fourth-order valence-electron chi connectivity index (χ4n) is 2.37. The molecule has 2 fully saturated rings. The lowest BCUT2D eigenvalue weighted by molar-refractivity contribution is -0.137. The van der Waals surface area contributed by atoms with Crippen LogP contribution >= 0.6 is 0 Å². The lowest BCUT2D eigenvalue weighted by Gasteiger charge is -2.38. The van der Waals surface area contributed by atoms with Crippen LogP contribution in [0.3, 0.4) is 0 Å². The van der Waals surface area contributed by atoms with Gasteiger partial charge in [-0.15, -0.1) is 0 Å². The van der Waals surface area contributed by atoms with E-state index < -0.39 is 0 Å². The number of carbonyl (C=O) groups excluding carboxylic acids is 1. The van der Waals surface area contributed by atoms with Gasteiger partial charge in [-0.05, 0) is 26.9 Å². The first-order valence-corrected chi connectivity index (χ1v) is 5.88. The van der Waals surface area contributed by atoms with Crippen LogP contribution < -0.4 is 5.32 Å². The molecule has 2 aliphatic heterocycles. The molecule has 1 amide bonds. The molecule has 0 aliphatic carbocycles. The highest BCUT2D eigenvalue weighted by Crippen LogP contribution is 2.15. The normalized spacial score (nSPS) is 33.3. The number of hydrogen-bond donors (Lipinski definition) is 1. The minimum Gasteiger partial charge on any atom is -0.340 e. The Kier molecular flexibility index (Phi) is 3.26. The zero-order valence-electron chi connectivity index (χ0n) is 9.70. The van der Waals surface area contributed by atoms with Crippen molar-refractivity contribution in [3.8, 4) is 0 Å². The van der Waals surface area contributed by atoms with Gasteiger partial charge >= 0.3 is 0 Å². The van der Waals surface area contributed by atoms with Gasteiger partial charge in [0.15, 0.2) is 0 Å². The monoisotopic (exact) mass is 211 g/mol. The van der Waals surface area contributed by atoms with Crippen molar-refractivity contribution in [1.29, 1.82) is 0 Å². The number of likely N-dealkylation sites (N-methyl/N-ethyl adjacent to an activating group) is 1. The quantitative estimate of drug-likeness (QED) is 0.650. The molecule has 0 spiro atoms. The molecule has 2 rings (SSSR count). The molecule has 0 aromatic rings. The Balaban J connectivity index is 1.90. The molecule has 0 aromatic heterocycles. The zero-order valence-corrected chi connectivity index (χ0v) is 9.70. The van der Waals surface area contributed by atoms with Crippen molar-refractivity contribution in [2.45, 2.75) is 19.4 Å². The van der Waals surface area contributed by atoms with E-state index in [1.54, 1.807) is 0 Å². The van der Waals surface area contributed by atoms with Crippen molar-refractivity contribution in [2.24, 2.45) is 5.92 Å². The molecule has 2 heterocycles. The van der Waals surface area contributed by atoms with Crippen LogP contribution in [0.5, 0.6) is 0 Å². The van der Waals surface area contributed by atoms with E-state index in [1.165, 1.54) is 0 Å². The molecule has 15 heavy (non-hydrogen) atoms. The first-order chi connectivity index (χ1) is 7.18. The van der Waals surface area contributed by atoms with Crippen molar-refractivity contribution in [3.63, 3.8) is 0 Å². The maximum absolute atomic E-state index is 12.1. The van der Waals surface area contributed by atoms with Crippen LogP contribution in [0.25, 0.3) is 0 Å². The maximum Gasteiger partial charge on any atom is 0.227 e. The van der Waals surface area contributed by atoms with Crippen LogP contribution in [0, 0.1) is 5.92 Å². The van der Waals surface area contributed by atoms with Gasteiger partial charge in [0.25, 0.3) is 0 Å². The molecular formula is C11H21N3O. The molecule has 2 atom stereocenters. The summed E-state index contributed by atoms with van der Waals surface area (Å²) in [4.78, 5) is 16.5. The summed E-state index contributed by atoms with van der Waals surface area (Å²) >= 11 is 0. The SMILES string of the molecule is CC1CN(C(=O)C2CCNC2)CCN1C. The Labute approximate surface area is 91.6 Å². The van der Waals surface area contributed by atoms with Crippen LogP contribution in [0.4, 0.5) is 0 Å². The lowest BCUT2D eigenvalue weighted by Crippen LogP contribution is -2.53. The molecule has 2 unspecified atom stereocenters. The summed E-state index contributed by atoms with van der Waals surface area (Å²) in [7, 11) is 2.13. The number of rotatable bonds is 1. The third-order valence-electron chi connectivity index (χ3n) is 3.68. The van der Waals surface area contributed by atoms with Crippen LogP contribution in [0.1, 0.15) is 13.3 Å². The summed E-state index contributed by atoms with van der Waals surface area (Å²) in [6.07, 6.45) is 1.01. The Morgan fingerprint density at radius 1 is 1.40 bits per heavy atom. The number of carbonyl (C=O) groups is 1. The Bertz CT molecular complexity index is 238. The third-order valence-corrected chi connectivity index (χ3v) is 3.68. The average molecular weight is 211 g/mol. The first-order valence-electron chi connectivity index (χ1n) is 5.88. The first kappa shape index (κ1) is 10.9. The molecule has 2 saturated heterocycles. The van der Waals surface area contributed by atoms with Crippen molar-refractivity contribution in [1.82, 2.24) is 15.1 Å². The smallest absolute Gasteiger partial charge is 0.227 e. The molecule has 0 bridgehead atoms. The number of amides is 1. The third kappa shape index (κ3) is 2.32. The standard InChI is InChI=1S/C11H21N3O/c1-9-8-14(6-5-13(9)2)11(15)10-3-4-12-7-10/h9-10,12H,3-8H2,1-2H3. The molecule has 4 nitrogen and oxygen atoms in total. The minimum absolute atomic E-state index is 0.237. The van der Waals surface area contributed by atoms with E-state index in [1.807, 2.05) is 4.90 Å². The van der Waals surface area contributed by atoms with E-state index in [0.717, 1.165) is 39.1 Å². The summed E-state index contributed by atoms with van der Waals surface area (Å²) < 4.78 is 0. The van der Waals surface area contributed by atoms with Crippen molar-refractivity contribution in [2.75, 3.05) is 39.8 Å². The molecule has 0 saturated carbocycles. The summed E-state index contributed by atoms with van der Waals surface area (Å²) in [5.41, 5.74) is 0. The van der Waals surface area contributed by atoms with E-state index in [2.05, 4.69) is 24.2 Å². The van der Waals surface area contributed by atoms with Crippen LogP contribution in [0.2, 0.25) is 0 Å². The number of hydrogen-bond acceptors (Lipinski definition) is 3. The largest absolute Gasteiger partial charge is 0.340 e. The molecule has 4 heteroatoms. The lowest BCUT2D eigenvalue weighted by atomic mass is 10.1. The minimum atomic E-state index is 0.237. The highest BCUT2D eigenvalue weighted by molar-refractivity contribution is 5.79. The van der Waals surface area contributed by atoms with Gasteiger partial charge in [-0.1, -0.05) is 0 Å². The second-order valence-electron chi connectivity index (χ2n) is 4.80. The molecule has 2 aliphatic rings. The van der Waals surface area contributed by atoms with Gasteiger partial charge < -0.3 is 15.1 Å². The van der Waals surface area contributed by atoms with Gasteiger partial charge in [0, 0.05) is 32.2 Å². The van der Waals surface area contributed by atoms with Gasteiger partial charge in [0.05, 0.1) is 5.92 Å². The molecular weight excluding hydrogens is 190 g/mol. The number of piperazine rings is 1. The Morgan fingerprint density at radius 2 is 2.20 bits per heavy atom. The fraction of sp³-hybridized carbons (Fsp3) is 0.909. The van der Waals surface area contributed by atoms with Crippen LogP contribution in [0.15, 0.2) is 0 Å². The van der Waals surface area contributed by atoms with Gasteiger partial charge in [-0.2, -0.15) is 0 Å². The van der Waals surface area contributed by atoms with E-state index in [-0.39, 0.29) is 5.92 Å². The number of nitrogens with zero attached hydrogens (tertiary/aromatic N) is 2. The molecule has 0 radical (unpaired) electrons. The zero-order chi connectivity index (χ0) is 10.8. The second kappa shape index (κ2) is 4.49. The van der Waals surface area contributed by atoms with Crippen molar-refractivity contribution >= 4 is 5.91 Å². The van der Waals surface area contributed by atoms with E-state index >= 15 is 0 Å². The van der Waals surface area contributed by atoms with Gasteiger partial charge in [-0.25, -0.2) is 0 Å². The second-order valence-corrected chi connectivity index (χ2v) is 4.80. The van der Waals surface area contributed by atoms with Gasteiger partial charge in [0.1, 0.15) is 0 Å². The molecule has 86 valence electrons. The van der Waals surface area contributed by atoms with E-state index in [9.17, 15) is 4.79 Å². The summed E-state index contributed by atoms with van der Waals surface area (Å²) in [5, 5.41) is 3.25. The van der Waals surface area contributed by atoms with Crippen LogP contribution in [-0.4, -0.2) is 61.5 Å². The predicted octanol–water partition coefficient (Wildman–Crippen LogP) is -0.242. The summed E-state index contributed by atoms with van der Waals surface area (Å²) in [6.45, 7) is 6.86. The van der Waals surface area contributed by atoms with E-state index in [4.69, 9.17) is 0 Å². The fourth-order valence-corrected chi connectivity index (χ4v) is 2.37. The van der Waals surface area contributed by atoms with Crippen LogP contribution in [-0.2, 0) is 4.79 Å². The average Bonchev–Trinajstić information content (AvgIpc) is 2.74. The maximum atomic E-state index is 12.1. The predicted molar refractivity (Wildman–Crippen MR) is 59.6 cm³/mol. The Hall–Kier alpha value is -0.610.